The van der Waals surface area contributed by atoms with Crippen molar-refractivity contribution < 1.29 is 126 Å². The number of aromatic amines is 1. The first-order chi connectivity index (χ1) is 60.4. The third-order valence-electron chi connectivity index (χ3n) is 22.0. The zero-order valence-corrected chi connectivity index (χ0v) is 72.1. The van der Waals surface area contributed by atoms with Crippen molar-refractivity contribution in [1.82, 2.24) is 99.1 Å². The number of aromatic nitrogens is 2. The van der Waals surface area contributed by atoms with Crippen molar-refractivity contribution in [2.45, 2.75) is 267 Å². The number of aliphatic carboxylic acids is 3. The number of primary amides is 3. The van der Waals surface area contributed by atoms with Gasteiger partial charge in [-0.25, -0.2) is 9.78 Å². The molecule has 48 nitrogen and oxygen atoms in total. The van der Waals surface area contributed by atoms with Crippen LogP contribution in [0.4, 0.5) is 0 Å². The van der Waals surface area contributed by atoms with Crippen LogP contribution in [0.25, 0.3) is 0 Å². The zero-order chi connectivity index (χ0) is 95.1. The van der Waals surface area contributed by atoms with Gasteiger partial charge in [-0.05, 0) is 127 Å². The highest BCUT2D eigenvalue weighted by Gasteiger charge is 2.47. The number of hydrogen-bond donors (Lipinski definition) is 22. The summed E-state index contributed by atoms with van der Waals surface area (Å²) in [5.41, 5.74) is 16.7. The maximum absolute atomic E-state index is 14.6. The lowest BCUT2D eigenvalue weighted by molar-refractivity contribution is -0.147. The van der Waals surface area contributed by atoms with E-state index in [0.29, 0.717) is 44.3 Å². The highest BCUT2D eigenvalue weighted by Crippen LogP contribution is 2.28. The zero-order valence-electron chi connectivity index (χ0n) is 72.1. The molecular formula is C80H118N22O26. The number of nitrogens with zero attached hydrogens (tertiary/aromatic N) is 4. The maximum atomic E-state index is 14.6. The molecule has 48 heteroatoms. The number of amides is 19. The fourth-order valence-corrected chi connectivity index (χ4v) is 14.8. The number of rotatable bonds is 50. The van der Waals surface area contributed by atoms with Gasteiger partial charge >= 0.3 is 17.9 Å². The number of aromatic hydroxyl groups is 1. The average molecular weight is 1800 g/mol. The molecule has 25 N–H and O–H groups in total. The lowest BCUT2D eigenvalue weighted by Crippen LogP contribution is -2.61. The smallest absolute Gasteiger partial charge is 0.326 e. The number of hydrogen-bond acceptors (Lipinski definition) is 25. The van der Waals surface area contributed by atoms with E-state index in [0.717, 1.165) is 18.2 Å². The Kier molecular flexibility index (Phi) is 39.9. The van der Waals surface area contributed by atoms with Gasteiger partial charge in [-0.1, -0.05) is 46.2 Å². The summed E-state index contributed by atoms with van der Waals surface area (Å²) in [5.74, 6) is -24.4. The second-order valence-corrected chi connectivity index (χ2v) is 32.5. The lowest BCUT2D eigenvalue weighted by Gasteiger charge is -2.33. The molecule has 4 aliphatic heterocycles. The van der Waals surface area contributed by atoms with E-state index >= 15 is 0 Å². The highest BCUT2D eigenvalue weighted by molar-refractivity contribution is 6.02. The summed E-state index contributed by atoms with van der Waals surface area (Å²) < 4.78 is 0. The molecule has 128 heavy (non-hydrogen) atoms. The summed E-state index contributed by atoms with van der Waals surface area (Å²) in [4.78, 5) is 306. The summed E-state index contributed by atoms with van der Waals surface area (Å²) in [6.45, 7) is 10.3. The van der Waals surface area contributed by atoms with E-state index in [1.165, 1.54) is 55.5 Å². The summed E-state index contributed by atoms with van der Waals surface area (Å²) in [7, 11) is 0. The Morgan fingerprint density at radius 3 is 1.42 bits per heavy atom. The molecule has 1 aromatic heterocycles. The van der Waals surface area contributed by atoms with Crippen molar-refractivity contribution in [1.29, 1.82) is 0 Å². The van der Waals surface area contributed by atoms with Crippen LogP contribution in [0, 0.1) is 11.8 Å². The van der Waals surface area contributed by atoms with E-state index in [9.17, 15) is 126 Å². The molecule has 4 fully saturated rings. The van der Waals surface area contributed by atoms with Crippen LogP contribution in [0.15, 0.2) is 36.8 Å². The van der Waals surface area contributed by atoms with Crippen LogP contribution in [0.1, 0.15) is 169 Å². The highest BCUT2D eigenvalue weighted by atomic mass is 16.4. The number of likely N-dealkylation sites (tertiary alicyclic amines) is 3. The average Bonchev–Trinajstić information content (AvgIpc) is 1.65. The predicted molar refractivity (Wildman–Crippen MR) is 444 cm³/mol. The minimum absolute atomic E-state index is 0.0376. The number of carboxylic acid groups (broad SMARTS) is 3. The number of carbonyl (C=O) groups is 22. The van der Waals surface area contributed by atoms with Crippen LogP contribution in [0.2, 0.25) is 0 Å². The van der Waals surface area contributed by atoms with Crippen molar-refractivity contribution in [3.05, 3.63) is 48.0 Å². The Balaban J connectivity index is 1.07. The Labute approximate surface area is 735 Å². The van der Waals surface area contributed by atoms with Gasteiger partial charge in [0.2, 0.25) is 112 Å². The molecule has 6 rings (SSSR count). The third kappa shape index (κ3) is 31.9. The van der Waals surface area contributed by atoms with Gasteiger partial charge in [0.1, 0.15) is 96.4 Å². The Hall–Kier alpha value is -13.5. The van der Waals surface area contributed by atoms with Crippen LogP contribution >= 0.6 is 0 Å². The van der Waals surface area contributed by atoms with Crippen LogP contribution in [-0.4, -0.2) is 305 Å². The molecule has 0 spiro atoms. The first kappa shape index (κ1) is 103. The topological polar surface area (TPSA) is 741 Å². The lowest BCUT2D eigenvalue weighted by atomic mass is 9.95. The number of phenolic OH excluding ortho intramolecular Hbond substituents is 1. The number of nitrogens with one attached hydrogen (secondary N) is 15. The SMILES string of the molecule is CC[C@H](C)[C@H](NC(=O)[C@H](CC(C)C)NC(=O)[C@H](CCC(N)=O)NC(=O)[C@H](CC(N)=O)NC(=O)[C@H](C)NC(=O)CNC(=O)[C@H](Cc1cnc[nH]1)NC(=O)[C@H](CC(=O)O)NC(=O)[C@H](C)NC(=O)[C@H](Cc1ccc(O)cc1)NC(=O)[C@@H]1CCCN1C(=O)[C@@H]1CCCN1C(=O)[C@@H]1CCCN1)C(=O)N1CCC[C@H]1C(=O)N[C@@H](C)C(=O)N[C@@H](CC(=O)O)C(=O)N[C@@H](CCC(N)=O)C(=O)O. The first-order valence-corrected chi connectivity index (χ1v) is 42.2. The van der Waals surface area contributed by atoms with Gasteiger partial charge in [0.25, 0.3) is 0 Å². The van der Waals surface area contributed by atoms with Gasteiger partial charge in [0, 0.05) is 57.2 Å². The van der Waals surface area contributed by atoms with Crippen molar-refractivity contribution in [2.24, 2.45) is 29.0 Å². The van der Waals surface area contributed by atoms with E-state index in [1.54, 1.807) is 32.6 Å². The molecule has 0 unspecified atom stereocenters. The second-order valence-electron chi connectivity index (χ2n) is 32.5. The molecule has 5 heterocycles. The van der Waals surface area contributed by atoms with E-state index in [1.807, 2.05) is 0 Å². The minimum atomic E-state index is -1.97. The van der Waals surface area contributed by atoms with Crippen LogP contribution < -0.4 is 91.6 Å². The van der Waals surface area contributed by atoms with Crippen molar-refractivity contribution in [3.8, 4) is 5.75 Å². The Morgan fingerprint density at radius 2 is 0.914 bits per heavy atom. The summed E-state index contributed by atoms with van der Waals surface area (Å²) in [6.07, 6.45) is 0.0727. The number of H-pyrrole nitrogens is 1. The Morgan fingerprint density at radius 1 is 0.461 bits per heavy atom. The number of benzene rings is 1. The molecule has 19 amide bonds. The second kappa shape index (κ2) is 49.4. The minimum Gasteiger partial charge on any atom is -0.508 e. The molecule has 0 saturated carbocycles. The van der Waals surface area contributed by atoms with E-state index in [2.05, 4.69) is 84.4 Å². The fourth-order valence-electron chi connectivity index (χ4n) is 14.8. The molecule has 2 aromatic rings. The number of nitrogens with two attached hydrogens (primary N) is 3. The maximum Gasteiger partial charge on any atom is 0.326 e. The van der Waals surface area contributed by atoms with Gasteiger partial charge in [-0.15, -0.1) is 0 Å². The third-order valence-corrected chi connectivity index (χ3v) is 22.0. The number of phenols is 1. The molecule has 4 saturated heterocycles. The number of imidazole rings is 1. The molecular weight excluding hydrogens is 1690 g/mol. The van der Waals surface area contributed by atoms with Gasteiger partial charge in [-0.2, -0.15) is 0 Å². The largest absolute Gasteiger partial charge is 0.508 e. The van der Waals surface area contributed by atoms with Crippen molar-refractivity contribution in [3.63, 3.8) is 0 Å². The van der Waals surface area contributed by atoms with E-state index < -0.39 is 285 Å². The summed E-state index contributed by atoms with van der Waals surface area (Å²) >= 11 is 0. The molecule has 0 radical (unpaired) electrons. The predicted octanol–water partition coefficient (Wildman–Crippen LogP) is -7.85. The van der Waals surface area contributed by atoms with Crippen LogP contribution in [0.5, 0.6) is 5.75 Å². The monoisotopic (exact) mass is 1800 g/mol. The Bertz CT molecular complexity index is 4390. The van der Waals surface area contributed by atoms with Crippen LogP contribution in [-0.2, 0) is 118 Å². The fraction of sp³-hybridized carbons (Fsp3) is 0.613. The summed E-state index contributed by atoms with van der Waals surface area (Å²) in [6, 6.07) is -18.0. The molecule has 1 aromatic carbocycles. The van der Waals surface area contributed by atoms with Gasteiger partial charge < -0.3 is 132 Å². The molecule has 4 aliphatic rings. The van der Waals surface area contributed by atoms with E-state index in [4.69, 9.17) is 17.2 Å². The van der Waals surface area contributed by atoms with Crippen LogP contribution in [0.3, 0.4) is 0 Å². The van der Waals surface area contributed by atoms with Crippen molar-refractivity contribution >= 4 is 130 Å². The van der Waals surface area contributed by atoms with Gasteiger partial charge in [-0.3, -0.25) is 101 Å². The van der Waals surface area contributed by atoms with Gasteiger partial charge in [0.15, 0.2) is 0 Å². The van der Waals surface area contributed by atoms with Gasteiger partial charge in [0.05, 0.1) is 38.2 Å². The summed E-state index contributed by atoms with van der Waals surface area (Å²) in [5, 5.41) is 73.0. The molecule has 704 valence electrons. The number of carboxylic acids is 3. The molecule has 0 aliphatic carbocycles. The molecule has 17 atom stereocenters. The van der Waals surface area contributed by atoms with E-state index in [-0.39, 0.29) is 74.9 Å². The first-order valence-electron chi connectivity index (χ1n) is 42.2. The molecule has 0 bridgehead atoms. The number of carbonyl (C=O) groups excluding carboxylic acids is 19. The normalized spacial score (nSPS) is 18.9. The standard InChI is InChI=1S/C80H118N22O26/c1-8-39(4)64(79(126)101-27-11-14-55(101)75(122)90-42(7)67(114)94-53(33-62(108)109)72(119)92-48(80(127)128)22-24-59(82)105)99-74(121)49(29-38(2)3)96-69(116)46(21-23-58(81)104)91-71(118)52(32-60(83)106)93-65(112)40(5)88-61(107)36-86-68(115)51(31-44-35-84-37-87-44)97-73(120)54(34-63(110)111)95-66(113)41(6)89-70(117)50(30-43-17-19-45(103)20-18-43)98-76(123)56-15-10-26-100(56)78(125)57-16-12-28-102(57)77(124)47-13-9-25-85-47/h17-20,35,37-42,46-57,64,85,103H,8-16,21-34,36H2,1-7H3,(H2,81,104)(H2,82,105)(H2,83,106)(H,84,87)(H,86,115)(H,88,107)(H,89,117)(H,90,122)(H,91,118)(H,92,119)(H,93,112)(H,94,114)(H,95,113)(H,96,116)(H,97,120)(H,98,123)(H,99,121)(H,108,109)(H,110,111)(H,127,128)/t39-,40-,41-,42-,46-,47-,48-,49-,50-,51-,52-,53-,54-,55-,56-,57-,64-/m0/s1. The van der Waals surface area contributed by atoms with Crippen molar-refractivity contribution in [2.75, 3.05) is 32.7 Å². The quantitative estimate of drug-likeness (QED) is 0.0293.